The lowest BCUT2D eigenvalue weighted by Crippen LogP contribution is -2.15. The minimum absolute atomic E-state index is 0.101. The summed E-state index contributed by atoms with van der Waals surface area (Å²) in [6, 6.07) is 5.74. The summed E-state index contributed by atoms with van der Waals surface area (Å²) in [7, 11) is 1.60. The molecule has 7 nitrogen and oxygen atoms in total. The number of benzene rings is 1. The fourth-order valence-electron chi connectivity index (χ4n) is 4.60. The molecule has 3 aromatic heterocycles. The molecule has 0 unspecified atom stereocenters. The number of methoxy groups -OCH3 is 1. The molecule has 0 spiro atoms. The number of thiophene rings is 1. The van der Waals surface area contributed by atoms with Crippen molar-refractivity contribution in [1.29, 1.82) is 0 Å². The smallest absolute Gasteiger partial charge is 0.234 e. The zero-order chi connectivity index (χ0) is 22.5. The quantitative estimate of drug-likeness (QED) is 0.386. The van der Waals surface area contributed by atoms with E-state index in [2.05, 4.69) is 19.9 Å². The average Bonchev–Trinajstić information content (AvgIpc) is 3.47. The zero-order valence-electron chi connectivity index (χ0n) is 18.7. The number of nitrogens with zero attached hydrogens (tertiary/aromatic N) is 4. The van der Waals surface area contributed by atoms with Gasteiger partial charge in [0.25, 0.3) is 0 Å². The second kappa shape index (κ2) is 8.29. The lowest BCUT2D eigenvalue weighted by molar-refractivity contribution is -0.113. The van der Waals surface area contributed by atoms with Crippen LogP contribution in [0.1, 0.15) is 53.4 Å². The van der Waals surface area contributed by atoms with Crippen molar-refractivity contribution in [3.05, 3.63) is 40.0 Å². The summed E-state index contributed by atoms with van der Waals surface area (Å²) in [5.74, 6) is 2.29. The van der Waals surface area contributed by atoms with Gasteiger partial charge in [0.1, 0.15) is 16.4 Å². The van der Waals surface area contributed by atoms with Gasteiger partial charge in [-0.15, -0.1) is 21.5 Å². The fourth-order valence-corrected chi connectivity index (χ4v) is 6.60. The standard InChI is InChI=1S/C24H25N5O2S2/c1-13-7-10-17(31-2)16(11-13)25-19(30)12-32-24-28-27-22-20-15-5-3-4-6-18(15)33-23(20)26-21(29(22)24)14-8-9-14/h7,10-11,14H,3-6,8-9,12H2,1-2H3,(H,25,30). The maximum Gasteiger partial charge on any atom is 0.234 e. The first-order chi connectivity index (χ1) is 16.1. The van der Waals surface area contributed by atoms with E-state index < -0.39 is 0 Å². The average molecular weight is 480 g/mol. The molecule has 1 saturated carbocycles. The highest BCUT2D eigenvalue weighted by Crippen LogP contribution is 2.44. The topological polar surface area (TPSA) is 81.4 Å². The molecular formula is C24H25N5O2S2. The summed E-state index contributed by atoms with van der Waals surface area (Å²) in [5, 5.41) is 14.0. The van der Waals surface area contributed by atoms with E-state index in [1.165, 1.54) is 40.4 Å². The number of fused-ring (bicyclic) bond motifs is 5. The number of rotatable bonds is 6. The number of anilines is 1. The van der Waals surface area contributed by atoms with E-state index in [0.29, 0.717) is 17.4 Å². The first-order valence-corrected chi connectivity index (χ1v) is 13.2. The first kappa shape index (κ1) is 20.9. The van der Waals surface area contributed by atoms with Crippen LogP contribution in [0.4, 0.5) is 5.69 Å². The number of ether oxygens (including phenoxy) is 1. The number of hydrogen-bond acceptors (Lipinski definition) is 7. The molecular weight excluding hydrogens is 454 g/mol. The molecule has 0 aliphatic heterocycles. The zero-order valence-corrected chi connectivity index (χ0v) is 20.3. The Kier molecular flexibility index (Phi) is 5.25. The Balaban J connectivity index is 1.32. The van der Waals surface area contributed by atoms with Crippen LogP contribution in [-0.2, 0) is 17.6 Å². The summed E-state index contributed by atoms with van der Waals surface area (Å²) in [4.78, 5) is 20.4. The number of amides is 1. The van der Waals surface area contributed by atoms with Crippen LogP contribution >= 0.6 is 23.1 Å². The van der Waals surface area contributed by atoms with Gasteiger partial charge >= 0.3 is 0 Å². The van der Waals surface area contributed by atoms with Gasteiger partial charge in [0.2, 0.25) is 5.91 Å². The Bertz CT molecular complexity index is 1390. The molecule has 1 N–H and O–H groups in total. The number of thioether (sulfide) groups is 1. The van der Waals surface area contributed by atoms with E-state index in [9.17, 15) is 4.79 Å². The predicted octanol–water partition coefficient (Wildman–Crippen LogP) is 5.14. The lowest BCUT2D eigenvalue weighted by Gasteiger charge is -2.12. The van der Waals surface area contributed by atoms with Crippen molar-refractivity contribution in [2.45, 2.75) is 56.5 Å². The number of carbonyl (C=O) groups excluding carboxylic acids is 1. The largest absolute Gasteiger partial charge is 0.495 e. The van der Waals surface area contributed by atoms with Gasteiger partial charge in [-0.25, -0.2) is 4.98 Å². The van der Waals surface area contributed by atoms with Crippen molar-refractivity contribution < 1.29 is 9.53 Å². The van der Waals surface area contributed by atoms with Crippen LogP contribution < -0.4 is 10.1 Å². The van der Waals surface area contributed by atoms with Gasteiger partial charge < -0.3 is 10.1 Å². The molecule has 1 aromatic carbocycles. The van der Waals surface area contributed by atoms with Crippen LogP contribution in [0.2, 0.25) is 0 Å². The van der Waals surface area contributed by atoms with Crippen molar-refractivity contribution in [3.8, 4) is 5.75 Å². The Morgan fingerprint density at radius 3 is 2.94 bits per heavy atom. The van der Waals surface area contributed by atoms with E-state index in [1.54, 1.807) is 7.11 Å². The monoisotopic (exact) mass is 479 g/mol. The highest BCUT2D eigenvalue weighted by Gasteiger charge is 2.32. The Labute approximate surface area is 200 Å². The van der Waals surface area contributed by atoms with Gasteiger partial charge in [-0.1, -0.05) is 17.8 Å². The molecule has 2 aliphatic rings. The number of aromatic nitrogens is 4. The van der Waals surface area contributed by atoms with Crippen molar-refractivity contribution in [2.75, 3.05) is 18.2 Å². The highest BCUT2D eigenvalue weighted by molar-refractivity contribution is 7.99. The molecule has 0 saturated heterocycles. The highest BCUT2D eigenvalue weighted by atomic mass is 32.2. The van der Waals surface area contributed by atoms with Crippen LogP contribution in [-0.4, -0.2) is 38.4 Å². The van der Waals surface area contributed by atoms with Crippen molar-refractivity contribution >= 4 is 50.6 Å². The van der Waals surface area contributed by atoms with Crippen LogP contribution in [0, 0.1) is 6.92 Å². The Morgan fingerprint density at radius 1 is 1.27 bits per heavy atom. The third kappa shape index (κ3) is 3.77. The number of carbonyl (C=O) groups is 1. The molecule has 0 radical (unpaired) electrons. The van der Waals surface area contributed by atoms with E-state index in [4.69, 9.17) is 9.72 Å². The van der Waals surface area contributed by atoms with Gasteiger partial charge in [-0.2, -0.15) is 0 Å². The molecule has 1 amide bonds. The van der Waals surface area contributed by atoms with Crippen molar-refractivity contribution in [3.63, 3.8) is 0 Å². The molecule has 170 valence electrons. The Hall–Kier alpha value is -2.65. The molecule has 2 aliphatic carbocycles. The van der Waals surface area contributed by atoms with Crippen LogP contribution in [0.25, 0.3) is 15.9 Å². The number of aryl methyl sites for hydroxylation is 3. The summed E-state index contributed by atoms with van der Waals surface area (Å²) in [6.45, 7) is 1.99. The summed E-state index contributed by atoms with van der Waals surface area (Å²) in [6.07, 6.45) is 6.99. The molecule has 0 atom stereocenters. The third-order valence-corrected chi connectivity index (χ3v) is 8.47. The van der Waals surface area contributed by atoms with Gasteiger partial charge in [0, 0.05) is 10.8 Å². The number of hydrogen-bond donors (Lipinski definition) is 1. The molecule has 9 heteroatoms. The fraction of sp³-hybridized carbons (Fsp3) is 0.417. The third-order valence-electron chi connectivity index (χ3n) is 6.36. The van der Waals surface area contributed by atoms with E-state index in [1.807, 2.05) is 36.5 Å². The maximum absolute atomic E-state index is 12.8. The van der Waals surface area contributed by atoms with E-state index in [-0.39, 0.29) is 11.7 Å². The van der Waals surface area contributed by atoms with Crippen LogP contribution in [0.5, 0.6) is 5.75 Å². The normalized spacial score (nSPS) is 15.7. The molecule has 4 aromatic rings. The second-order valence-electron chi connectivity index (χ2n) is 8.82. The van der Waals surface area contributed by atoms with Gasteiger partial charge in [0.05, 0.1) is 23.9 Å². The molecule has 1 fully saturated rings. The van der Waals surface area contributed by atoms with Gasteiger partial charge in [-0.3, -0.25) is 9.20 Å². The van der Waals surface area contributed by atoms with Gasteiger partial charge in [0.15, 0.2) is 10.8 Å². The minimum atomic E-state index is -0.101. The molecule has 33 heavy (non-hydrogen) atoms. The molecule has 6 rings (SSSR count). The van der Waals surface area contributed by atoms with Crippen LogP contribution in [0.3, 0.4) is 0 Å². The number of nitrogens with one attached hydrogen (secondary N) is 1. The SMILES string of the molecule is COc1ccc(C)cc1NC(=O)CSc1nnc2c3c4c(sc3nc(C3CC3)n12)CCCC4. The summed E-state index contributed by atoms with van der Waals surface area (Å²) < 4.78 is 7.50. The van der Waals surface area contributed by atoms with Crippen molar-refractivity contribution in [2.24, 2.45) is 0 Å². The Morgan fingerprint density at radius 2 is 2.12 bits per heavy atom. The first-order valence-electron chi connectivity index (χ1n) is 11.4. The summed E-state index contributed by atoms with van der Waals surface area (Å²) in [5.41, 5.74) is 4.06. The molecule has 3 heterocycles. The summed E-state index contributed by atoms with van der Waals surface area (Å²) >= 11 is 3.24. The minimum Gasteiger partial charge on any atom is -0.495 e. The van der Waals surface area contributed by atoms with E-state index >= 15 is 0 Å². The predicted molar refractivity (Wildman–Crippen MR) is 132 cm³/mol. The van der Waals surface area contributed by atoms with Gasteiger partial charge in [-0.05, 0) is 68.7 Å². The van der Waals surface area contributed by atoms with Crippen molar-refractivity contribution in [1.82, 2.24) is 19.6 Å². The lowest BCUT2D eigenvalue weighted by atomic mass is 9.97. The maximum atomic E-state index is 12.8. The second-order valence-corrected chi connectivity index (χ2v) is 10.8. The van der Waals surface area contributed by atoms with E-state index in [0.717, 1.165) is 52.7 Å². The molecule has 0 bridgehead atoms. The van der Waals surface area contributed by atoms with Crippen LogP contribution in [0.15, 0.2) is 23.4 Å².